The largest absolute Gasteiger partial charge is 0.492 e. The Balaban J connectivity index is 2.01. The van der Waals surface area contributed by atoms with Gasteiger partial charge < -0.3 is 14.7 Å². The first-order valence-corrected chi connectivity index (χ1v) is 12.8. The predicted molar refractivity (Wildman–Crippen MR) is 128 cm³/mol. The molecule has 31 heavy (non-hydrogen) atoms. The zero-order valence-electron chi connectivity index (χ0n) is 18.3. The van der Waals surface area contributed by atoms with Crippen LogP contribution >= 0.6 is 23.5 Å². The molecule has 0 radical (unpaired) electrons. The zero-order valence-corrected chi connectivity index (χ0v) is 20.0. The van der Waals surface area contributed by atoms with E-state index in [-0.39, 0.29) is 24.3 Å². The number of ether oxygens (including phenoxy) is 1. The molecule has 0 aromatic heterocycles. The van der Waals surface area contributed by atoms with Crippen LogP contribution in [0.25, 0.3) is 0 Å². The fourth-order valence-corrected chi connectivity index (χ4v) is 5.54. The van der Waals surface area contributed by atoms with Gasteiger partial charge in [-0.25, -0.2) is 4.39 Å². The minimum absolute atomic E-state index is 0.0329. The van der Waals surface area contributed by atoms with Gasteiger partial charge in [-0.2, -0.15) is 0 Å². The molecule has 1 N–H and O–H groups in total. The van der Waals surface area contributed by atoms with Crippen molar-refractivity contribution in [2.24, 2.45) is 5.41 Å². The number of hydrogen-bond acceptors (Lipinski definition) is 5. The monoisotopic (exact) mass is 463 g/mol. The number of fused-ring (bicyclic) bond motifs is 1. The summed E-state index contributed by atoms with van der Waals surface area (Å²) in [6.45, 7) is 5.54. The average Bonchev–Trinajstić information content (AvgIpc) is 2.89. The molecule has 0 saturated heterocycles. The van der Waals surface area contributed by atoms with Gasteiger partial charge in [-0.05, 0) is 54.5 Å². The van der Waals surface area contributed by atoms with Crippen molar-refractivity contribution in [1.29, 1.82) is 0 Å². The van der Waals surface area contributed by atoms with Gasteiger partial charge in [0.1, 0.15) is 11.6 Å². The molecule has 7 heteroatoms. The SMILES string of the molecule is CCCCC1(C)CSc2cc(OCCC(=O)O)c(SC)cc2N(c2ccc(F)cc2)C1. The van der Waals surface area contributed by atoms with Gasteiger partial charge in [-0.1, -0.05) is 26.7 Å². The van der Waals surface area contributed by atoms with Crippen LogP contribution in [0.5, 0.6) is 5.75 Å². The molecule has 0 spiro atoms. The number of carboxylic acid groups (broad SMARTS) is 1. The van der Waals surface area contributed by atoms with E-state index in [9.17, 15) is 9.18 Å². The number of unbranched alkanes of at least 4 members (excludes halogenated alkanes) is 1. The van der Waals surface area contributed by atoms with Gasteiger partial charge in [0.15, 0.2) is 0 Å². The molecule has 4 nitrogen and oxygen atoms in total. The third kappa shape index (κ3) is 6.10. The number of rotatable bonds is 9. The van der Waals surface area contributed by atoms with E-state index in [0.717, 1.165) is 52.1 Å². The third-order valence-corrected chi connectivity index (χ3v) is 7.74. The maximum atomic E-state index is 13.6. The Bertz CT molecular complexity index is 906. The highest BCUT2D eigenvalue weighted by atomic mass is 32.2. The Morgan fingerprint density at radius 2 is 2.06 bits per heavy atom. The summed E-state index contributed by atoms with van der Waals surface area (Å²) in [7, 11) is 0. The fraction of sp³-hybridized carbons (Fsp3) is 0.458. The van der Waals surface area contributed by atoms with Crippen LogP contribution in [-0.2, 0) is 4.79 Å². The molecule has 1 atom stereocenters. The van der Waals surface area contributed by atoms with Crippen LogP contribution in [0.15, 0.2) is 46.2 Å². The average molecular weight is 464 g/mol. The number of benzene rings is 2. The minimum Gasteiger partial charge on any atom is -0.492 e. The van der Waals surface area contributed by atoms with E-state index in [1.54, 1.807) is 11.8 Å². The van der Waals surface area contributed by atoms with Crippen LogP contribution in [-0.4, -0.2) is 36.2 Å². The Morgan fingerprint density at radius 1 is 1.32 bits per heavy atom. The summed E-state index contributed by atoms with van der Waals surface area (Å²) in [4.78, 5) is 15.2. The van der Waals surface area contributed by atoms with E-state index in [2.05, 4.69) is 24.8 Å². The first kappa shape index (κ1) is 23.8. The highest BCUT2D eigenvalue weighted by Gasteiger charge is 2.33. The number of hydrogen-bond donors (Lipinski definition) is 1. The molecule has 1 aliphatic heterocycles. The number of carboxylic acids is 1. The maximum Gasteiger partial charge on any atom is 0.306 e. The van der Waals surface area contributed by atoms with Crippen LogP contribution in [0.4, 0.5) is 15.8 Å². The Labute approximate surface area is 192 Å². The summed E-state index contributed by atoms with van der Waals surface area (Å²) in [6, 6.07) is 10.9. The van der Waals surface area contributed by atoms with Crippen LogP contribution < -0.4 is 9.64 Å². The number of halogens is 1. The number of anilines is 2. The maximum absolute atomic E-state index is 13.6. The molecular formula is C24H30FNO3S2. The van der Waals surface area contributed by atoms with Crippen molar-refractivity contribution < 1.29 is 19.0 Å². The van der Waals surface area contributed by atoms with Crippen molar-refractivity contribution in [2.45, 2.75) is 49.3 Å². The second-order valence-corrected chi connectivity index (χ2v) is 10.1. The van der Waals surface area contributed by atoms with E-state index in [4.69, 9.17) is 9.84 Å². The summed E-state index contributed by atoms with van der Waals surface area (Å²) in [6.07, 6.45) is 5.41. The molecule has 3 rings (SSSR count). The van der Waals surface area contributed by atoms with E-state index in [0.29, 0.717) is 0 Å². The molecule has 1 aliphatic rings. The van der Waals surface area contributed by atoms with Crippen molar-refractivity contribution in [1.82, 2.24) is 0 Å². The minimum atomic E-state index is -0.871. The van der Waals surface area contributed by atoms with Crippen LogP contribution in [0.3, 0.4) is 0 Å². The van der Waals surface area contributed by atoms with Crippen LogP contribution in [0.1, 0.15) is 39.5 Å². The molecule has 0 amide bonds. The lowest BCUT2D eigenvalue weighted by Gasteiger charge is -2.34. The van der Waals surface area contributed by atoms with E-state index >= 15 is 0 Å². The fourth-order valence-electron chi connectivity index (χ4n) is 3.75. The molecule has 0 fully saturated rings. The van der Waals surface area contributed by atoms with Gasteiger partial charge in [0.25, 0.3) is 0 Å². The summed E-state index contributed by atoms with van der Waals surface area (Å²) in [5, 5.41) is 8.93. The second-order valence-electron chi connectivity index (χ2n) is 8.23. The van der Waals surface area contributed by atoms with Crippen molar-refractivity contribution >= 4 is 40.9 Å². The normalized spacial score (nSPS) is 18.4. The van der Waals surface area contributed by atoms with Crippen molar-refractivity contribution in [2.75, 3.05) is 30.1 Å². The lowest BCUT2D eigenvalue weighted by atomic mass is 9.86. The van der Waals surface area contributed by atoms with Crippen LogP contribution in [0, 0.1) is 11.2 Å². The smallest absolute Gasteiger partial charge is 0.306 e. The number of carbonyl (C=O) groups is 1. The Hall–Kier alpha value is -1.86. The van der Waals surface area contributed by atoms with Gasteiger partial charge in [-0.15, -0.1) is 23.5 Å². The van der Waals surface area contributed by atoms with Gasteiger partial charge in [0.05, 0.1) is 23.6 Å². The molecule has 2 aromatic rings. The highest BCUT2D eigenvalue weighted by Crippen LogP contribution is 2.48. The molecule has 168 valence electrons. The van der Waals surface area contributed by atoms with Gasteiger partial charge in [-0.3, -0.25) is 4.79 Å². The van der Waals surface area contributed by atoms with E-state index < -0.39 is 5.97 Å². The first-order chi connectivity index (χ1) is 14.8. The lowest BCUT2D eigenvalue weighted by Crippen LogP contribution is -2.33. The van der Waals surface area contributed by atoms with Crippen molar-refractivity contribution in [3.05, 3.63) is 42.2 Å². The molecular weight excluding hydrogens is 433 g/mol. The lowest BCUT2D eigenvalue weighted by molar-refractivity contribution is -0.137. The van der Waals surface area contributed by atoms with E-state index in [1.165, 1.54) is 18.6 Å². The van der Waals surface area contributed by atoms with Crippen molar-refractivity contribution in [3.63, 3.8) is 0 Å². The van der Waals surface area contributed by atoms with Crippen molar-refractivity contribution in [3.8, 4) is 5.75 Å². The zero-order chi connectivity index (χ0) is 22.4. The summed E-state index contributed by atoms with van der Waals surface area (Å²) in [5.41, 5.74) is 2.17. The number of aliphatic carboxylic acids is 1. The standard InChI is InChI=1S/C24H30FNO3S2/c1-4-5-11-24(2)15-26(18-8-6-17(25)7-9-18)19-13-22(30-3)20(14-21(19)31-16-24)29-12-10-23(27)28/h6-9,13-14H,4-5,10-12,15-16H2,1-3H3,(H,27,28). The molecule has 1 unspecified atom stereocenters. The van der Waals surface area contributed by atoms with E-state index in [1.807, 2.05) is 36.2 Å². The summed E-state index contributed by atoms with van der Waals surface area (Å²) in [5.74, 6) is 0.583. The quantitative estimate of drug-likeness (QED) is 0.411. The third-order valence-electron chi connectivity index (χ3n) is 5.50. The first-order valence-electron chi connectivity index (χ1n) is 10.6. The summed E-state index contributed by atoms with van der Waals surface area (Å²) < 4.78 is 19.4. The summed E-state index contributed by atoms with van der Waals surface area (Å²) >= 11 is 3.40. The Kier molecular flexibility index (Phi) is 8.17. The molecule has 0 saturated carbocycles. The second kappa shape index (κ2) is 10.6. The van der Waals surface area contributed by atoms with Crippen LogP contribution in [0.2, 0.25) is 0 Å². The Morgan fingerprint density at radius 3 is 2.71 bits per heavy atom. The molecule has 2 aromatic carbocycles. The van der Waals surface area contributed by atoms with Gasteiger partial charge in [0, 0.05) is 22.9 Å². The number of thioether (sulfide) groups is 2. The predicted octanol–water partition coefficient (Wildman–Crippen LogP) is 6.84. The van der Waals surface area contributed by atoms with Gasteiger partial charge >= 0.3 is 5.97 Å². The topological polar surface area (TPSA) is 49.8 Å². The molecule has 1 heterocycles. The number of nitrogens with zero attached hydrogens (tertiary/aromatic N) is 1. The van der Waals surface area contributed by atoms with Gasteiger partial charge in [0.2, 0.25) is 0 Å². The molecule has 0 aliphatic carbocycles. The molecule has 0 bridgehead atoms. The highest BCUT2D eigenvalue weighted by molar-refractivity contribution is 7.99.